The average molecular weight is 670 g/mol. The van der Waals surface area contributed by atoms with Gasteiger partial charge in [0.25, 0.3) is 5.89 Å². The van der Waals surface area contributed by atoms with Crippen molar-refractivity contribution in [3.63, 3.8) is 0 Å². The lowest BCUT2D eigenvalue weighted by molar-refractivity contribution is -0.137. The Kier molecular flexibility index (Phi) is 9.41. The number of benzene rings is 3. The highest BCUT2D eigenvalue weighted by atomic mass is 19.4. The lowest BCUT2D eigenvalue weighted by Crippen LogP contribution is -2.38. The number of piperidine rings is 1. The van der Waals surface area contributed by atoms with Crippen LogP contribution in [0.2, 0.25) is 0 Å². The van der Waals surface area contributed by atoms with Crippen molar-refractivity contribution in [1.29, 1.82) is 5.26 Å². The minimum Gasteiger partial charge on any atom is -0.490 e. The number of anilines is 1. The highest BCUT2D eigenvalue weighted by Gasteiger charge is 2.40. The Balaban J connectivity index is 0.976. The molecule has 256 valence electrons. The van der Waals surface area contributed by atoms with Crippen LogP contribution in [0, 0.1) is 40.9 Å². The quantitative estimate of drug-likeness (QED) is 0.182. The number of Topliss-reactive ketones (excluding diaryl/α,β-unsaturated/α-hetero) is 1. The van der Waals surface area contributed by atoms with Crippen LogP contribution in [0.5, 0.6) is 5.75 Å². The van der Waals surface area contributed by atoms with E-state index in [2.05, 4.69) is 35.0 Å². The summed E-state index contributed by atoms with van der Waals surface area (Å²) < 4.78 is 51.3. The first kappa shape index (κ1) is 33.2. The van der Waals surface area contributed by atoms with Gasteiger partial charge in [0, 0.05) is 43.6 Å². The van der Waals surface area contributed by atoms with E-state index in [9.17, 15) is 18.0 Å². The predicted molar refractivity (Wildman–Crippen MR) is 181 cm³/mol. The van der Waals surface area contributed by atoms with Crippen molar-refractivity contribution in [3.8, 4) is 11.8 Å². The predicted octanol–water partition coefficient (Wildman–Crippen LogP) is 9.66. The molecule has 9 heteroatoms. The summed E-state index contributed by atoms with van der Waals surface area (Å²) in [5.74, 6) is 2.72. The molecule has 3 fully saturated rings. The van der Waals surface area contributed by atoms with E-state index in [4.69, 9.17) is 14.4 Å². The number of hydrogen-bond acceptors (Lipinski definition) is 6. The lowest BCUT2D eigenvalue weighted by atomic mass is 9.77. The molecule has 2 saturated carbocycles. The molecule has 2 heterocycles. The number of carbonyl (C=O) groups is 1. The fraction of sp³-hybridized carbons (Fsp3) is 0.475. The molecular weight excluding hydrogens is 627 g/mol. The molecule has 1 aromatic heterocycles. The molecule has 3 aliphatic rings. The SMILES string of the molecule is CC1CC2CC(CCCC2C(=O)c2nc3ccc(OC4CCN(c5ccc(C(F)(F)F)cc5)CC4)cc3o2)CC1Cc1ccc(C#N)cc1. The summed E-state index contributed by atoms with van der Waals surface area (Å²) in [6.45, 7) is 3.70. The first-order valence-electron chi connectivity index (χ1n) is 17.7. The van der Waals surface area contributed by atoms with Gasteiger partial charge in [0.15, 0.2) is 5.58 Å². The molecule has 7 rings (SSSR count). The van der Waals surface area contributed by atoms with Crippen LogP contribution in [-0.4, -0.2) is 30.0 Å². The third kappa shape index (κ3) is 7.49. The fourth-order valence-corrected chi connectivity index (χ4v) is 8.55. The molecule has 0 N–H and O–H groups in total. The molecule has 3 aromatic carbocycles. The number of carbonyl (C=O) groups excluding carboxylic acids is 1. The van der Waals surface area contributed by atoms with Crippen molar-refractivity contribution in [3.05, 3.63) is 89.3 Å². The van der Waals surface area contributed by atoms with Crippen LogP contribution in [0.3, 0.4) is 0 Å². The Bertz CT molecular complexity index is 1800. The van der Waals surface area contributed by atoms with E-state index >= 15 is 0 Å². The van der Waals surface area contributed by atoms with Gasteiger partial charge in [-0.25, -0.2) is 4.98 Å². The third-order valence-electron chi connectivity index (χ3n) is 11.2. The number of oxazole rings is 1. The summed E-state index contributed by atoms with van der Waals surface area (Å²) in [4.78, 5) is 20.7. The molecule has 0 radical (unpaired) electrons. The number of aromatic nitrogens is 1. The van der Waals surface area contributed by atoms with Crippen LogP contribution in [0.1, 0.15) is 85.7 Å². The minimum absolute atomic E-state index is 0.0118. The van der Waals surface area contributed by atoms with Crippen LogP contribution < -0.4 is 9.64 Å². The number of fused-ring (bicyclic) bond motifs is 3. The highest BCUT2D eigenvalue weighted by Crippen LogP contribution is 2.46. The first-order valence-corrected chi connectivity index (χ1v) is 17.7. The normalized spacial score (nSPS) is 25.0. The Hall–Kier alpha value is -4.32. The van der Waals surface area contributed by atoms with Gasteiger partial charge in [-0.05, 0) is 110 Å². The molecule has 1 aliphatic heterocycles. The van der Waals surface area contributed by atoms with Gasteiger partial charge >= 0.3 is 6.18 Å². The van der Waals surface area contributed by atoms with Gasteiger partial charge in [-0.3, -0.25) is 4.79 Å². The third-order valence-corrected chi connectivity index (χ3v) is 11.2. The Morgan fingerprint density at radius 2 is 1.73 bits per heavy atom. The molecule has 2 aliphatic carbocycles. The van der Waals surface area contributed by atoms with Crippen LogP contribution in [0.15, 0.2) is 71.1 Å². The number of rotatable bonds is 7. The number of ketones is 1. The zero-order valence-corrected chi connectivity index (χ0v) is 27.8. The number of nitrogens with zero attached hydrogens (tertiary/aromatic N) is 3. The summed E-state index contributed by atoms with van der Waals surface area (Å²) >= 11 is 0. The monoisotopic (exact) mass is 669 g/mol. The molecule has 2 bridgehead atoms. The van der Waals surface area contributed by atoms with E-state index in [0.717, 1.165) is 69.2 Å². The largest absolute Gasteiger partial charge is 0.490 e. The molecule has 4 aromatic rings. The van der Waals surface area contributed by atoms with E-state index < -0.39 is 11.7 Å². The minimum atomic E-state index is -4.34. The van der Waals surface area contributed by atoms with E-state index in [1.807, 2.05) is 30.3 Å². The van der Waals surface area contributed by atoms with Gasteiger partial charge in [-0.15, -0.1) is 0 Å². The molecule has 0 spiro atoms. The maximum atomic E-state index is 14.0. The summed E-state index contributed by atoms with van der Waals surface area (Å²) in [6, 6.07) is 21.0. The van der Waals surface area contributed by atoms with Gasteiger partial charge in [0.2, 0.25) is 5.78 Å². The zero-order chi connectivity index (χ0) is 34.1. The smallest absolute Gasteiger partial charge is 0.416 e. The maximum Gasteiger partial charge on any atom is 0.416 e. The molecule has 1 saturated heterocycles. The van der Waals surface area contributed by atoms with Gasteiger partial charge < -0.3 is 14.1 Å². The van der Waals surface area contributed by atoms with E-state index in [1.165, 1.54) is 24.1 Å². The lowest BCUT2D eigenvalue weighted by Gasteiger charge is -2.33. The molecule has 6 nitrogen and oxygen atoms in total. The summed E-state index contributed by atoms with van der Waals surface area (Å²) in [6.07, 6.45) is 4.40. The van der Waals surface area contributed by atoms with Crippen LogP contribution >= 0.6 is 0 Å². The molecule has 5 atom stereocenters. The topological polar surface area (TPSA) is 79.4 Å². The van der Waals surface area contributed by atoms with Crippen LogP contribution in [0.4, 0.5) is 18.9 Å². The second kappa shape index (κ2) is 13.9. The second-order valence-corrected chi connectivity index (χ2v) is 14.5. The fourth-order valence-electron chi connectivity index (χ4n) is 8.55. The first-order chi connectivity index (χ1) is 23.6. The number of ether oxygens (including phenoxy) is 1. The summed E-state index contributed by atoms with van der Waals surface area (Å²) in [5, 5.41) is 9.17. The van der Waals surface area contributed by atoms with Crippen molar-refractivity contribution in [2.75, 3.05) is 18.0 Å². The summed E-state index contributed by atoms with van der Waals surface area (Å²) in [7, 11) is 0. The van der Waals surface area contributed by atoms with E-state index in [1.54, 1.807) is 0 Å². The van der Waals surface area contributed by atoms with Gasteiger partial charge in [-0.1, -0.05) is 31.9 Å². The van der Waals surface area contributed by atoms with Gasteiger partial charge in [-0.2, -0.15) is 18.4 Å². The Labute approximate surface area is 285 Å². The van der Waals surface area contributed by atoms with Crippen LogP contribution in [0.25, 0.3) is 11.1 Å². The standard InChI is InChI=1S/C40H42F3N3O3/c1-25-19-30-22-28(21-29(25)20-26-5-7-27(24-44)8-6-26)3-2-4-35(30)38(47)39-45-36-14-13-34(23-37(36)49-39)48-33-15-17-46(18-16-33)32-11-9-31(10-12-32)40(41,42)43/h5-14,23,25,28-30,33,35H,2-4,15-22H2,1H3. The van der Waals surface area contributed by atoms with Crippen molar-refractivity contribution in [1.82, 2.24) is 4.98 Å². The summed E-state index contributed by atoms with van der Waals surface area (Å²) in [5.41, 5.74) is 3.26. The maximum absolute atomic E-state index is 14.0. The zero-order valence-electron chi connectivity index (χ0n) is 27.8. The van der Waals surface area contributed by atoms with E-state index in [0.29, 0.717) is 59.2 Å². The number of halogens is 3. The van der Waals surface area contributed by atoms with Gasteiger partial charge in [0.05, 0.1) is 17.2 Å². The number of alkyl halides is 3. The van der Waals surface area contributed by atoms with Crippen molar-refractivity contribution in [2.45, 2.75) is 77.0 Å². The molecular formula is C40H42F3N3O3. The Morgan fingerprint density at radius 3 is 2.45 bits per heavy atom. The number of hydrogen-bond donors (Lipinski definition) is 0. The second-order valence-electron chi connectivity index (χ2n) is 14.5. The van der Waals surface area contributed by atoms with Crippen LogP contribution in [-0.2, 0) is 12.6 Å². The van der Waals surface area contributed by atoms with Gasteiger partial charge in [0.1, 0.15) is 17.4 Å². The average Bonchev–Trinajstić information content (AvgIpc) is 3.34. The van der Waals surface area contributed by atoms with Crippen molar-refractivity contribution >= 4 is 22.6 Å². The molecule has 0 amide bonds. The van der Waals surface area contributed by atoms with E-state index in [-0.39, 0.29) is 23.7 Å². The molecule has 5 unspecified atom stereocenters. The van der Waals surface area contributed by atoms with Crippen molar-refractivity contribution < 1.29 is 27.1 Å². The van der Waals surface area contributed by atoms with Crippen molar-refractivity contribution in [2.24, 2.45) is 29.6 Å². The highest BCUT2D eigenvalue weighted by molar-refractivity contribution is 5.96. The number of nitriles is 1. The molecule has 49 heavy (non-hydrogen) atoms. The Morgan fingerprint density at radius 1 is 0.980 bits per heavy atom.